The molecule has 1 N–H and O–H groups in total. The Bertz CT molecular complexity index is 599. The van der Waals surface area contributed by atoms with Crippen LogP contribution in [0.3, 0.4) is 0 Å². The Morgan fingerprint density at radius 3 is 2.84 bits per heavy atom. The van der Waals surface area contributed by atoms with Gasteiger partial charge in [-0.15, -0.1) is 0 Å². The molecule has 2 rings (SSSR count). The lowest BCUT2D eigenvalue weighted by molar-refractivity contribution is -0.144. The van der Waals surface area contributed by atoms with E-state index in [1.165, 1.54) is 0 Å². The number of hydrogen-bond acceptors (Lipinski definition) is 5. The van der Waals surface area contributed by atoms with Gasteiger partial charge < -0.3 is 14.6 Å². The molecule has 0 aromatic rings. The molecule has 1 aliphatic heterocycles. The Hall–Kier alpha value is -1.88. The van der Waals surface area contributed by atoms with Crippen LogP contribution in [-0.2, 0) is 19.1 Å². The third-order valence-corrected chi connectivity index (χ3v) is 4.67. The van der Waals surface area contributed by atoms with Gasteiger partial charge in [0.1, 0.15) is 12.7 Å². The van der Waals surface area contributed by atoms with Crippen molar-refractivity contribution in [1.29, 1.82) is 0 Å². The Morgan fingerprint density at radius 1 is 1.44 bits per heavy atom. The van der Waals surface area contributed by atoms with Crippen molar-refractivity contribution in [3.8, 4) is 0 Å². The summed E-state index contributed by atoms with van der Waals surface area (Å²) in [5.74, 6) is -0.651. The van der Waals surface area contributed by atoms with Gasteiger partial charge in [-0.2, -0.15) is 0 Å². The van der Waals surface area contributed by atoms with Crippen LogP contribution in [0.2, 0.25) is 0 Å². The molecule has 0 saturated carbocycles. The van der Waals surface area contributed by atoms with E-state index in [-0.39, 0.29) is 36.5 Å². The molecule has 5 heteroatoms. The SMILES string of the molecule is C=C1C(=O)O[C@H]2C/C(C)=C/C/C=C(/COC(=O)CC(C)C)[C@H](O)C[C@H]12. The fourth-order valence-corrected chi connectivity index (χ4v) is 3.20. The van der Waals surface area contributed by atoms with Gasteiger partial charge in [0.2, 0.25) is 0 Å². The smallest absolute Gasteiger partial charge is 0.334 e. The van der Waals surface area contributed by atoms with E-state index in [2.05, 4.69) is 6.58 Å². The lowest BCUT2D eigenvalue weighted by atomic mass is 9.85. The second-order valence-electron chi connectivity index (χ2n) is 7.35. The molecule has 0 bridgehead atoms. The predicted octanol–water partition coefficient (Wildman–Crippen LogP) is 3.09. The zero-order valence-corrected chi connectivity index (χ0v) is 15.3. The van der Waals surface area contributed by atoms with E-state index in [0.717, 1.165) is 5.57 Å². The summed E-state index contributed by atoms with van der Waals surface area (Å²) in [7, 11) is 0. The molecule has 138 valence electrons. The van der Waals surface area contributed by atoms with E-state index < -0.39 is 6.10 Å². The lowest BCUT2D eigenvalue weighted by Gasteiger charge is -2.24. The molecular formula is C20H28O5. The highest BCUT2D eigenvalue weighted by molar-refractivity contribution is 5.90. The summed E-state index contributed by atoms with van der Waals surface area (Å²) in [4.78, 5) is 23.6. The molecule has 1 saturated heterocycles. The van der Waals surface area contributed by atoms with Gasteiger partial charge in [-0.3, -0.25) is 4.79 Å². The molecular weight excluding hydrogens is 320 g/mol. The number of aliphatic hydroxyl groups is 1. The lowest BCUT2D eigenvalue weighted by Crippen LogP contribution is -2.26. The first-order valence-electron chi connectivity index (χ1n) is 8.86. The Labute approximate surface area is 149 Å². The molecule has 3 atom stereocenters. The van der Waals surface area contributed by atoms with Crippen LogP contribution in [0, 0.1) is 11.8 Å². The van der Waals surface area contributed by atoms with Gasteiger partial charge in [0.15, 0.2) is 0 Å². The standard InChI is InChI=1S/C20H28O5/c1-12(2)8-19(22)24-11-15-7-5-6-13(3)9-18-16(10-17(15)21)14(4)20(23)25-18/h6-7,12,16-18,21H,4-5,8-11H2,1-3H3/b13-6+,15-7-/t16-,17-,18+/m1/s1. The summed E-state index contributed by atoms with van der Waals surface area (Å²) in [6.07, 6.45) is 4.85. The maximum Gasteiger partial charge on any atom is 0.334 e. The molecule has 1 heterocycles. The summed E-state index contributed by atoms with van der Waals surface area (Å²) >= 11 is 0. The maximum atomic E-state index is 11.8. The van der Waals surface area contributed by atoms with Crippen molar-refractivity contribution in [3.63, 3.8) is 0 Å². The summed E-state index contributed by atoms with van der Waals surface area (Å²) in [6.45, 7) is 9.80. The van der Waals surface area contributed by atoms with Crippen molar-refractivity contribution in [2.24, 2.45) is 11.8 Å². The highest BCUT2D eigenvalue weighted by Crippen LogP contribution is 2.35. The van der Waals surface area contributed by atoms with Crippen LogP contribution < -0.4 is 0 Å². The van der Waals surface area contributed by atoms with E-state index in [1.54, 1.807) is 0 Å². The second kappa shape index (κ2) is 8.48. The number of carbonyl (C=O) groups excluding carboxylic acids is 2. The summed E-state index contributed by atoms with van der Waals surface area (Å²) in [5.41, 5.74) is 2.20. The first-order valence-corrected chi connectivity index (χ1v) is 8.86. The fourth-order valence-electron chi connectivity index (χ4n) is 3.20. The Balaban J connectivity index is 2.12. The van der Waals surface area contributed by atoms with Crippen molar-refractivity contribution >= 4 is 11.9 Å². The van der Waals surface area contributed by atoms with E-state index in [9.17, 15) is 14.7 Å². The van der Waals surface area contributed by atoms with E-state index in [1.807, 2.05) is 32.9 Å². The monoisotopic (exact) mass is 348 g/mol. The molecule has 0 aromatic heterocycles. The molecule has 0 unspecified atom stereocenters. The van der Waals surface area contributed by atoms with Crippen LogP contribution in [-0.4, -0.2) is 35.9 Å². The van der Waals surface area contributed by atoms with Crippen molar-refractivity contribution in [2.75, 3.05) is 6.61 Å². The van der Waals surface area contributed by atoms with Crippen LogP contribution in [0.1, 0.15) is 46.5 Å². The fraction of sp³-hybridized carbons (Fsp3) is 0.600. The third-order valence-electron chi connectivity index (χ3n) is 4.67. The zero-order valence-electron chi connectivity index (χ0n) is 15.3. The van der Waals surface area contributed by atoms with Crippen LogP contribution >= 0.6 is 0 Å². The molecule has 2 aliphatic rings. The predicted molar refractivity (Wildman–Crippen MR) is 94.6 cm³/mol. The minimum absolute atomic E-state index is 0.0677. The van der Waals surface area contributed by atoms with E-state index >= 15 is 0 Å². The van der Waals surface area contributed by atoms with Gasteiger partial charge in [-0.1, -0.05) is 38.2 Å². The Kier molecular flexibility index (Phi) is 6.59. The average Bonchev–Trinajstić information content (AvgIpc) is 2.77. The number of aliphatic hydroxyl groups excluding tert-OH is 1. The van der Waals surface area contributed by atoms with Crippen molar-refractivity contribution in [2.45, 2.75) is 58.7 Å². The van der Waals surface area contributed by atoms with Crippen molar-refractivity contribution in [3.05, 3.63) is 35.5 Å². The largest absolute Gasteiger partial charge is 0.461 e. The zero-order chi connectivity index (χ0) is 18.6. The first-order chi connectivity index (χ1) is 11.8. The normalized spacial score (nSPS) is 31.5. The summed E-state index contributed by atoms with van der Waals surface area (Å²) in [5, 5.41) is 10.6. The number of fused-ring (bicyclic) bond motifs is 1. The van der Waals surface area contributed by atoms with Crippen LogP contribution in [0.15, 0.2) is 35.5 Å². The number of rotatable bonds is 4. The topological polar surface area (TPSA) is 72.8 Å². The van der Waals surface area contributed by atoms with Gasteiger partial charge in [-0.05, 0) is 31.3 Å². The van der Waals surface area contributed by atoms with E-state index in [4.69, 9.17) is 9.47 Å². The molecule has 0 radical (unpaired) electrons. The first kappa shape index (κ1) is 19.4. The van der Waals surface area contributed by atoms with Crippen LogP contribution in [0.4, 0.5) is 0 Å². The minimum atomic E-state index is -0.794. The average molecular weight is 348 g/mol. The number of carbonyl (C=O) groups is 2. The maximum absolute atomic E-state index is 11.8. The van der Waals surface area contributed by atoms with Crippen molar-refractivity contribution < 1.29 is 24.2 Å². The highest BCUT2D eigenvalue weighted by Gasteiger charge is 2.40. The van der Waals surface area contributed by atoms with Crippen LogP contribution in [0.5, 0.6) is 0 Å². The molecule has 1 fully saturated rings. The van der Waals surface area contributed by atoms with E-state index in [0.29, 0.717) is 36.8 Å². The van der Waals surface area contributed by atoms with Gasteiger partial charge in [0.05, 0.1) is 6.10 Å². The van der Waals surface area contributed by atoms with Crippen LogP contribution in [0.25, 0.3) is 0 Å². The van der Waals surface area contributed by atoms with Gasteiger partial charge in [-0.25, -0.2) is 4.79 Å². The molecule has 0 amide bonds. The number of hydrogen-bond donors (Lipinski definition) is 1. The molecule has 0 spiro atoms. The van der Waals surface area contributed by atoms with Gasteiger partial charge in [0.25, 0.3) is 0 Å². The van der Waals surface area contributed by atoms with Gasteiger partial charge in [0, 0.05) is 24.3 Å². The molecule has 25 heavy (non-hydrogen) atoms. The van der Waals surface area contributed by atoms with Gasteiger partial charge >= 0.3 is 11.9 Å². The highest BCUT2D eigenvalue weighted by atomic mass is 16.6. The number of ether oxygens (including phenoxy) is 2. The summed E-state index contributed by atoms with van der Waals surface area (Å²) < 4.78 is 10.7. The molecule has 5 nitrogen and oxygen atoms in total. The quantitative estimate of drug-likeness (QED) is 0.480. The summed E-state index contributed by atoms with van der Waals surface area (Å²) in [6, 6.07) is 0. The molecule has 1 aliphatic carbocycles. The second-order valence-corrected chi connectivity index (χ2v) is 7.35. The van der Waals surface area contributed by atoms with Crippen molar-refractivity contribution in [1.82, 2.24) is 0 Å². The third kappa shape index (κ3) is 5.30. The molecule has 0 aromatic carbocycles. The minimum Gasteiger partial charge on any atom is -0.461 e. The number of allylic oxidation sites excluding steroid dienone is 2. The Morgan fingerprint density at radius 2 is 2.16 bits per heavy atom. The number of esters is 2.